The van der Waals surface area contributed by atoms with Crippen LogP contribution in [0.5, 0.6) is 0 Å². The lowest BCUT2D eigenvalue weighted by atomic mass is 10.1. The van der Waals surface area contributed by atoms with E-state index in [1.54, 1.807) is 24.0 Å². The fourth-order valence-electron chi connectivity index (χ4n) is 2.89. The van der Waals surface area contributed by atoms with E-state index in [-0.39, 0.29) is 11.7 Å². The molecular formula is C18H18FN3O2. The van der Waals surface area contributed by atoms with Crippen molar-refractivity contribution in [2.45, 2.75) is 13.5 Å². The largest absolute Gasteiger partial charge is 0.469 e. The standard InChI is InChI=1S/C18H18FN3O2/c1-13-16(4-9-24-13)18(23)22-7-5-21(6-8-22)12-15-10-14(11-20)2-3-17(15)19/h2-4,9-10H,5-8,12H2,1H3. The number of rotatable bonds is 3. The van der Waals surface area contributed by atoms with Gasteiger partial charge in [0.1, 0.15) is 11.6 Å². The van der Waals surface area contributed by atoms with Gasteiger partial charge in [-0.3, -0.25) is 9.69 Å². The topological polar surface area (TPSA) is 60.5 Å². The van der Waals surface area contributed by atoms with E-state index < -0.39 is 0 Å². The fourth-order valence-corrected chi connectivity index (χ4v) is 2.89. The Balaban J connectivity index is 1.61. The van der Waals surface area contributed by atoms with Gasteiger partial charge in [0, 0.05) is 38.3 Å². The first-order valence-corrected chi connectivity index (χ1v) is 7.82. The van der Waals surface area contributed by atoms with Crippen LogP contribution >= 0.6 is 0 Å². The quantitative estimate of drug-likeness (QED) is 0.869. The highest BCUT2D eigenvalue weighted by Crippen LogP contribution is 2.17. The summed E-state index contributed by atoms with van der Waals surface area (Å²) in [5, 5.41) is 8.93. The summed E-state index contributed by atoms with van der Waals surface area (Å²) >= 11 is 0. The molecule has 1 saturated heterocycles. The van der Waals surface area contributed by atoms with Crippen LogP contribution in [0.15, 0.2) is 34.9 Å². The van der Waals surface area contributed by atoms with E-state index in [1.165, 1.54) is 18.4 Å². The van der Waals surface area contributed by atoms with Gasteiger partial charge in [0.15, 0.2) is 0 Å². The van der Waals surface area contributed by atoms with Gasteiger partial charge < -0.3 is 9.32 Å². The highest BCUT2D eigenvalue weighted by Gasteiger charge is 2.24. The molecular weight excluding hydrogens is 309 g/mol. The molecule has 0 N–H and O–H groups in total. The minimum absolute atomic E-state index is 0.0291. The van der Waals surface area contributed by atoms with E-state index in [9.17, 15) is 9.18 Å². The van der Waals surface area contributed by atoms with Crippen molar-refractivity contribution in [1.82, 2.24) is 9.80 Å². The molecule has 1 amide bonds. The van der Waals surface area contributed by atoms with Crippen molar-refractivity contribution >= 4 is 5.91 Å². The van der Waals surface area contributed by atoms with Crippen molar-refractivity contribution in [2.24, 2.45) is 0 Å². The summed E-state index contributed by atoms with van der Waals surface area (Å²) in [6, 6.07) is 8.10. The first-order chi connectivity index (χ1) is 11.6. The van der Waals surface area contributed by atoms with E-state index in [0.717, 1.165) is 0 Å². The van der Waals surface area contributed by atoms with Crippen LogP contribution < -0.4 is 0 Å². The maximum atomic E-state index is 13.9. The third-order valence-electron chi connectivity index (χ3n) is 4.32. The number of hydrogen-bond donors (Lipinski definition) is 0. The smallest absolute Gasteiger partial charge is 0.257 e. The summed E-state index contributed by atoms with van der Waals surface area (Å²) in [5.41, 5.74) is 1.56. The first kappa shape index (κ1) is 16.2. The summed E-state index contributed by atoms with van der Waals surface area (Å²) in [6.07, 6.45) is 1.52. The monoisotopic (exact) mass is 327 g/mol. The maximum Gasteiger partial charge on any atom is 0.257 e. The number of amides is 1. The molecule has 6 heteroatoms. The number of furan rings is 1. The molecule has 2 aromatic rings. The molecule has 124 valence electrons. The molecule has 1 fully saturated rings. The van der Waals surface area contributed by atoms with E-state index in [2.05, 4.69) is 4.90 Å². The van der Waals surface area contributed by atoms with E-state index >= 15 is 0 Å². The fraction of sp³-hybridized carbons (Fsp3) is 0.333. The molecule has 0 saturated carbocycles. The summed E-state index contributed by atoms with van der Waals surface area (Å²) in [7, 11) is 0. The normalized spacial score (nSPS) is 15.3. The number of carbonyl (C=O) groups excluding carboxylic acids is 1. The predicted octanol–water partition coefficient (Wildman–Crippen LogP) is 2.56. The first-order valence-electron chi connectivity index (χ1n) is 7.82. The molecule has 0 unspecified atom stereocenters. The zero-order chi connectivity index (χ0) is 17.1. The third-order valence-corrected chi connectivity index (χ3v) is 4.32. The minimum atomic E-state index is -0.304. The third kappa shape index (κ3) is 3.31. The Labute approximate surface area is 139 Å². The minimum Gasteiger partial charge on any atom is -0.469 e. The van der Waals surface area contributed by atoms with Gasteiger partial charge >= 0.3 is 0 Å². The van der Waals surface area contributed by atoms with Crippen molar-refractivity contribution in [3.8, 4) is 6.07 Å². The van der Waals surface area contributed by atoms with Crippen molar-refractivity contribution in [3.05, 3.63) is 58.8 Å². The van der Waals surface area contributed by atoms with Crippen molar-refractivity contribution in [2.75, 3.05) is 26.2 Å². The summed E-state index contributed by atoms with van der Waals surface area (Å²) < 4.78 is 19.1. The number of hydrogen-bond acceptors (Lipinski definition) is 4. The number of nitriles is 1. The molecule has 0 spiro atoms. The van der Waals surface area contributed by atoms with E-state index in [1.807, 2.05) is 6.07 Å². The molecule has 1 aliphatic heterocycles. The van der Waals surface area contributed by atoms with Crippen LogP contribution in [0.1, 0.15) is 27.2 Å². The number of halogens is 1. The van der Waals surface area contributed by atoms with Crippen molar-refractivity contribution in [3.63, 3.8) is 0 Å². The van der Waals surface area contributed by atoms with Crippen molar-refractivity contribution in [1.29, 1.82) is 5.26 Å². The number of nitrogens with zero attached hydrogens (tertiary/aromatic N) is 3. The Bertz CT molecular complexity index is 786. The van der Waals surface area contributed by atoms with E-state index in [0.29, 0.717) is 55.2 Å². The molecule has 0 bridgehead atoms. The van der Waals surface area contributed by atoms with Gasteiger partial charge in [0.05, 0.1) is 23.5 Å². The molecule has 24 heavy (non-hydrogen) atoms. The van der Waals surface area contributed by atoms with Crippen LogP contribution in [0.2, 0.25) is 0 Å². The number of carbonyl (C=O) groups is 1. The van der Waals surface area contributed by atoms with Crippen LogP contribution in [-0.2, 0) is 6.54 Å². The van der Waals surface area contributed by atoms with E-state index in [4.69, 9.17) is 9.68 Å². The highest BCUT2D eigenvalue weighted by atomic mass is 19.1. The van der Waals surface area contributed by atoms with Gasteiger partial charge in [-0.2, -0.15) is 5.26 Å². The second kappa shape index (κ2) is 6.85. The Kier molecular flexibility index (Phi) is 4.63. The number of aryl methyl sites for hydroxylation is 1. The van der Waals surface area contributed by atoms with Crippen LogP contribution in [0.25, 0.3) is 0 Å². The maximum absolute atomic E-state index is 13.9. The van der Waals surface area contributed by atoms with Gasteiger partial charge in [-0.25, -0.2) is 4.39 Å². The predicted molar refractivity (Wildman–Crippen MR) is 85.7 cm³/mol. The Morgan fingerprint density at radius 1 is 1.29 bits per heavy atom. The molecule has 1 aliphatic rings. The van der Waals surface area contributed by atoms with Crippen LogP contribution in [0.4, 0.5) is 4.39 Å². The summed E-state index contributed by atoms with van der Waals surface area (Å²) in [6.45, 7) is 4.71. The average molecular weight is 327 g/mol. The molecule has 1 aromatic carbocycles. The second-order valence-electron chi connectivity index (χ2n) is 5.88. The zero-order valence-electron chi connectivity index (χ0n) is 13.5. The van der Waals surface area contributed by atoms with Gasteiger partial charge in [0.2, 0.25) is 0 Å². The SMILES string of the molecule is Cc1occc1C(=O)N1CCN(Cc2cc(C#N)ccc2F)CC1. The molecule has 3 rings (SSSR count). The van der Waals surface area contributed by atoms with Crippen LogP contribution in [-0.4, -0.2) is 41.9 Å². The number of benzene rings is 1. The molecule has 0 atom stereocenters. The molecule has 0 aliphatic carbocycles. The molecule has 1 aromatic heterocycles. The lowest BCUT2D eigenvalue weighted by molar-refractivity contribution is 0.0625. The Hall–Kier alpha value is -2.65. The summed E-state index contributed by atoms with van der Waals surface area (Å²) in [4.78, 5) is 16.3. The van der Waals surface area contributed by atoms with Crippen molar-refractivity contribution < 1.29 is 13.6 Å². The zero-order valence-corrected chi connectivity index (χ0v) is 13.5. The second-order valence-corrected chi connectivity index (χ2v) is 5.88. The van der Waals surface area contributed by atoms with Gasteiger partial charge in [-0.05, 0) is 31.2 Å². The lowest BCUT2D eigenvalue weighted by Crippen LogP contribution is -2.48. The summed E-state index contributed by atoms with van der Waals surface area (Å²) in [5.74, 6) is 0.290. The van der Waals surface area contributed by atoms with Gasteiger partial charge in [-0.15, -0.1) is 0 Å². The van der Waals surface area contributed by atoms with Crippen LogP contribution in [0, 0.1) is 24.1 Å². The Morgan fingerprint density at radius 3 is 2.67 bits per heavy atom. The Morgan fingerprint density at radius 2 is 2.04 bits per heavy atom. The highest BCUT2D eigenvalue weighted by molar-refractivity contribution is 5.95. The molecule has 0 radical (unpaired) electrons. The molecule has 2 heterocycles. The van der Waals surface area contributed by atoms with Gasteiger partial charge in [-0.1, -0.05) is 0 Å². The molecule has 5 nitrogen and oxygen atoms in total. The van der Waals surface area contributed by atoms with Gasteiger partial charge in [0.25, 0.3) is 5.91 Å². The lowest BCUT2D eigenvalue weighted by Gasteiger charge is -2.34. The number of piperazine rings is 1. The average Bonchev–Trinajstić information content (AvgIpc) is 3.03. The van der Waals surface area contributed by atoms with Crippen LogP contribution in [0.3, 0.4) is 0 Å².